The summed E-state index contributed by atoms with van der Waals surface area (Å²) >= 11 is 0. The average molecular weight is 296 g/mol. The smallest absolute Gasteiger partial charge is 0.232 e. The van der Waals surface area contributed by atoms with E-state index in [0.29, 0.717) is 22.8 Å². The van der Waals surface area contributed by atoms with E-state index in [2.05, 4.69) is 0 Å². The number of ketones is 1. The molecule has 1 aliphatic rings. The highest BCUT2D eigenvalue weighted by Gasteiger charge is 2.30. The highest BCUT2D eigenvalue weighted by atomic mass is 16.5. The number of rotatable bonds is 3. The molecule has 0 saturated heterocycles. The second kappa shape index (κ2) is 5.56. The van der Waals surface area contributed by atoms with Gasteiger partial charge in [-0.15, -0.1) is 0 Å². The first-order chi connectivity index (χ1) is 10.6. The fourth-order valence-electron chi connectivity index (χ4n) is 2.52. The van der Waals surface area contributed by atoms with Gasteiger partial charge in [-0.1, -0.05) is 18.2 Å². The molecule has 0 aliphatic carbocycles. The molecule has 2 aromatic rings. The number of allylic oxidation sites excluding steroid dienone is 1. The first kappa shape index (κ1) is 14.2. The van der Waals surface area contributed by atoms with Gasteiger partial charge in [0.25, 0.3) is 0 Å². The molecule has 0 saturated carbocycles. The van der Waals surface area contributed by atoms with Gasteiger partial charge in [-0.25, -0.2) is 0 Å². The number of hydrogen-bond donors (Lipinski definition) is 0. The summed E-state index contributed by atoms with van der Waals surface area (Å²) in [5.74, 6) is 2.05. The average Bonchev–Trinajstić information content (AvgIpc) is 2.84. The SMILES string of the molecule is COc1cc(C)c2c(c1)O/C(=C\c1ccccc1OC)C2=O. The van der Waals surface area contributed by atoms with Crippen LogP contribution in [0.3, 0.4) is 0 Å². The van der Waals surface area contributed by atoms with Crippen LogP contribution >= 0.6 is 0 Å². The van der Waals surface area contributed by atoms with Crippen molar-refractivity contribution < 1.29 is 19.0 Å². The lowest BCUT2D eigenvalue weighted by Gasteiger charge is -2.05. The maximum Gasteiger partial charge on any atom is 0.232 e. The van der Waals surface area contributed by atoms with Crippen molar-refractivity contribution in [1.82, 2.24) is 0 Å². The summed E-state index contributed by atoms with van der Waals surface area (Å²) in [5, 5.41) is 0. The molecular formula is C18H16O4. The lowest BCUT2D eigenvalue weighted by Crippen LogP contribution is -2.00. The van der Waals surface area contributed by atoms with E-state index in [9.17, 15) is 4.79 Å². The standard InChI is InChI=1S/C18H16O4/c1-11-8-13(20-2)10-15-17(11)18(19)16(22-15)9-12-6-4-5-7-14(12)21-3/h4-10H,1-3H3/b16-9-. The second-order valence-electron chi connectivity index (χ2n) is 5.00. The zero-order chi connectivity index (χ0) is 15.7. The van der Waals surface area contributed by atoms with E-state index in [4.69, 9.17) is 14.2 Å². The first-order valence-electron chi connectivity index (χ1n) is 6.90. The van der Waals surface area contributed by atoms with Crippen molar-refractivity contribution in [3.8, 4) is 17.2 Å². The summed E-state index contributed by atoms with van der Waals surface area (Å²) in [5.41, 5.74) is 2.22. The van der Waals surface area contributed by atoms with Crippen molar-refractivity contribution in [2.24, 2.45) is 0 Å². The van der Waals surface area contributed by atoms with Crippen LogP contribution in [0.2, 0.25) is 0 Å². The van der Waals surface area contributed by atoms with Crippen molar-refractivity contribution in [3.63, 3.8) is 0 Å². The van der Waals surface area contributed by atoms with E-state index in [1.807, 2.05) is 37.3 Å². The number of para-hydroxylation sites is 1. The topological polar surface area (TPSA) is 44.8 Å². The third-order valence-electron chi connectivity index (χ3n) is 3.60. The Balaban J connectivity index is 2.04. The predicted octanol–water partition coefficient (Wildman–Crippen LogP) is 3.63. The number of carbonyl (C=O) groups is 1. The van der Waals surface area contributed by atoms with Gasteiger partial charge < -0.3 is 14.2 Å². The summed E-state index contributed by atoms with van der Waals surface area (Å²) in [6.07, 6.45) is 1.70. The lowest BCUT2D eigenvalue weighted by molar-refractivity contribution is 0.101. The Morgan fingerprint density at radius 2 is 1.86 bits per heavy atom. The van der Waals surface area contributed by atoms with Crippen LogP contribution in [0.25, 0.3) is 6.08 Å². The Bertz CT molecular complexity index is 775. The number of ether oxygens (including phenoxy) is 3. The number of aryl methyl sites for hydroxylation is 1. The number of carbonyl (C=O) groups excluding carboxylic acids is 1. The summed E-state index contributed by atoms with van der Waals surface area (Å²) < 4.78 is 16.2. The molecule has 1 heterocycles. The van der Waals surface area contributed by atoms with Crippen LogP contribution in [0.1, 0.15) is 21.5 Å². The Kier molecular flexibility index (Phi) is 3.59. The number of Topliss-reactive ketones (excluding diaryl/α,β-unsaturated/α-hetero) is 1. The number of fused-ring (bicyclic) bond motifs is 1. The van der Waals surface area contributed by atoms with Gasteiger partial charge in [-0.05, 0) is 30.7 Å². The lowest BCUT2D eigenvalue weighted by atomic mass is 10.0. The van der Waals surface area contributed by atoms with E-state index in [-0.39, 0.29) is 11.5 Å². The van der Waals surface area contributed by atoms with Crippen molar-refractivity contribution in [2.75, 3.05) is 14.2 Å². The molecule has 0 amide bonds. The zero-order valence-corrected chi connectivity index (χ0v) is 12.7. The van der Waals surface area contributed by atoms with E-state index in [0.717, 1.165) is 11.1 Å². The van der Waals surface area contributed by atoms with Crippen molar-refractivity contribution >= 4 is 11.9 Å². The molecule has 4 heteroatoms. The normalized spacial score (nSPS) is 14.7. The molecule has 112 valence electrons. The van der Waals surface area contributed by atoms with Crippen molar-refractivity contribution in [3.05, 3.63) is 58.8 Å². The molecule has 0 bridgehead atoms. The fourth-order valence-corrected chi connectivity index (χ4v) is 2.52. The molecule has 0 spiro atoms. The number of benzene rings is 2. The van der Waals surface area contributed by atoms with Crippen LogP contribution in [0.4, 0.5) is 0 Å². The predicted molar refractivity (Wildman–Crippen MR) is 83.7 cm³/mol. The van der Waals surface area contributed by atoms with Crippen molar-refractivity contribution in [2.45, 2.75) is 6.92 Å². The van der Waals surface area contributed by atoms with Gasteiger partial charge >= 0.3 is 0 Å². The molecular weight excluding hydrogens is 280 g/mol. The van der Waals surface area contributed by atoms with Crippen LogP contribution in [0, 0.1) is 6.92 Å². The maximum atomic E-state index is 12.5. The quantitative estimate of drug-likeness (QED) is 0.811. The number of hydrogen-bond acceptors (Lipinski definition) is 4. The Morgan fingerprint density at radius 1 is 1.09 bits per heavy atom. The van der Waals surface area contributed by atoms with Crippen molar-refractivity contribution in [1.29, 1.82) is 0 Å². The first-order valence-corrected chi connectivity index (χ1v) is 6.90. The molecule has 0 unspecified atom stereocenters. The summed E-state index contributed by atoms with van der Waals surface area (Å²) in [4.78, 5) is 12.5. The fraction of sp³-hybridized carbons (Fsp3) is 0.167. The minimum atomic E-state index is -0.124. The van der Waals surface area contributed by atoms with E-state index in [1.165, 1.54) is 0 Å². The summed E-state index contributed by atoms with van der Waals surface area (Å²) in [6, 6.07) is 11.0. The second-order valence-corrected chi connectivity index (χ2v) is 5.00. The number of methoxy groups -OCH3 is 2. The third kappa shape index (κ3) is 2.33. The van der Waals surface area contributed by atoms with Gasteiger partial charge in [0.05, 0.1) is 19.8 Å². The minimum absolute atomic E-state index is 0.124. The molecule has 0 aromatic heterocycles. The minimum Gasteiger partial charge on any atom is -0.497 e. The van der Waals surface area contributed by atoms with Crippen LogP contribution in [-0.4, -0.2) is 20.0 Å². The van der Waals surface area contributed by atoms with Gasteiger partial charge in [0.15, 0.2) is 5.76 Å². The molecule has 1 aliphatic heterocycles. The van der Waals surface area contributed by atoms with Gasteiger partial charge in [0.1, 0.15) is 17.2 Å². The van der Waals surface area contributed by atoms with Crippen LogP contribution in [0.5, 0.6) is 17.2 Å². The molecule has 22 heavy (non-hydrogen) atoms. The van der Waals surface area contributed by atoms with E-state index in [1.54, 1.807) is 26.4 Å². The summed E-state index contributed by atoms with van der Waals surface area (Å²) in [6.45, 7) is 1.87. The third-order valence-corrected chi connectivity index (χ3v) is 3.60. The summed E-state index contributed by atoms with van der Waals surface area (Å²) in [7, 11) is 3.18. The van der Waals surface area contributed by atoms with Gasteiger partial charge in [0, 0.05) is 11.6 Å². The largest absolute Gasteiger partial charge is 0.497 e. The zero-order valence-electron chi connectivity index (χ0n) is 12.7. The van der Waals surface area contributed by atoms with E-state index < -0.39 is 0 Å². The van der Waals surface area contributed by atoms with Crippen LogP contribution in [-0.2, 0) is 0 Å². The molecule has 0 N–H and O–H groups in total. The van der Waals surface area contributed by atoms with Crippen LogP contribution < -0.4 is 14.2 Å². The molecule has 3 rings (SSSR count). The maximum absolute atomic E-state index is 12.5. The van der Waals surface area contributed by atoms with Gasteiger partial charge in [-0.2, -0.15) is 0 Å². The van der Waals surface area contributed by atoms with Gasteiger partial charge in [-0.3, -0.25) is 4.79 Å². The molecule has 0 radical (unpaired) electrons. The molecule has 0 atom stereocenters. The molecule has 2 aromatic carbocycles. The van der Waals surface area contributed by atoms with E-state index >= 15 is 0 Å². The monoisotopic (exact) mass is 296 g/mol. The Morgan fingerprint density at radius 3 is 2.59 bits per heavy atom. The molecule has 0 fully saturated rings. The highest BCUT2D eigenvalue weighted by Crippen LogP contribution is 2.37. The highest BCUT2D eigenvalue weighted by molar-refractivity contribution is 6.15. The Labute approximate surface area is 128 Å². The van der Waals surface area contributed by atoms with Crippen LogP contribution in [0.15, 0.2) is 42.2 Å². The van der Waals surface area contributed by atoms with Gasteiger partial charge in [0.2, 0.25) is 5.78 Å². The molecule has 4 nitrogen and oxygen atoms in total. The Hall–Kier alpha value is -2.75.